The topological polar surface area (TPSA) is 75.2 Å². The highest BCUT2D eigenvalue weighted by atomic mass is 32.2. The Morgan fingerprint density at radius 2 is 2.00 bits per heavy atom. The molecule has 34 heavy (non-hydrogen) atoms. The average Bonchev–Trinajstić information content (AvgIpc) is 2.84. The van der Waals surface area contributed by atoms with Crippen LogP contribution in [0.25, 0.3) is 0 Å². The van der Waals surface area contributed by atoms with Crippen LogP contribution in [0, 0.1) is 5.41 Å². The van der Waals surface area contributed by atoms with Crippen molar-refractivity contribution in [1.82, 2.24) is 15.0 Å². The largest absolute Gasteiger partial charge is 0.451 e. The van der Waals surface area contributed by atoms with Gasteiger partial charge in [-0.25, -0.2) is 15.0 Å². The number of ether oxygens (including phenoxy) is 1. The summed E-state index contributed by atoms with van der Waals surface area (Å²) in [5.74, 6) is 1.02. The van der Waals surface area contributed by atoms with Gasteiger partial charge in [-0.3, -0.25) is 0 Å². The molecule has 7 nitrogen and oxygen atoms in total. The third kappa shape index (κ3) is 6.44. The highest BCUT2D eigenvalue weighted by Gasteiger charge is 2.37. The summed E-state index contributed by atoms with van der Waals surface area (Å²) >= 11 is 1.74. The predicted molar refractivity (Wildman–Crippen MR) is 129 cm³/mol. The molecule has 4 heterocycles. The molecule has 2 fully saturated rings. The highest BCUT2D eigenvalue weighted by molar-refractivity contribution is 7.98. The van der Waals surface area contributed by atoms with Crippen molar-refractivity contribution in [3.63, 3.8) is 0 Å². The molecule has 4 rings (SSSR count). The third-order valence-corrected chi connectivity index (χ3v) is 7.28. The van der Waals surface area contributed by atoms with Crippen molar-refractivity contribution < 1.29 is 17.9 Å². The van der Waals surface area contributed by atoms with Crippen molar-refractivity contribution in [1.29, 1.82) is 0 Å². The molecule has 0 bridgehead atoms. The SMILES string of the molecule is CSCC1(CNc2cc(NC3CCCN(c4ccccn4)C3)nc(C(F)(F)F)n2)CCOCC1. The van der Waals surface area contributed by atoms with Crippen molar-refractivity contribution in [3.8, 4) is 0 Å². The van der Waals surface area contributed by atoms with Crippen molar-refractivity contribution in [2.75, 3.05) is 60.4 Å². The molecule has 2 saturated heterocycles. The lowest BCUT2D eigenvalue weighted by Gasteiger charge is -2.37. The van der Waals surface area contributed by atoms with E-state index in [1.165, 1.54) is 0 Å². The minimum absolute atomic E-state index is 0.0266. The highest BCUT2D eigenvalue weighted by Crippen LogP contribution is 2.35. The standard InChI is InChI=1S/C23H31F3N6OS/c1-34-16-22(7-11-33-12-8-22)15-28-18-13-19(31-21(30-18)23(24,25)26)29-17-5-4-10-32(14-17)20-6-2-3-9-27-20/h2-3,6,9,13,17H,4-5,7-8,10-12,14-16H2,1H3,(H2,28,29,30,31). The fourth-order valence-electron chi connectivity index (χ4n) is 4.55. The number of halogens is 3. The Labute approximate surface area is 202 Å². The lowest BCUT2D eigenvalue weighted by Crippen LogP contribution is -2.42. The number of hydrogen-bond acceptors (Lipinski definition) is 8. The van der Waals surface area contributed by atoms with Gasteiger partial charge in [0.1, 0.15) is 17.5 Å². The van der Waals surface area contributed by atoms with Gasteiger partial charge in [-0.05, 0) is 44.1 Å². The third-order valence-electron chi connectivity index (χ3n) is 6.37. The van der Waals surface area contributed by atoms with E-state index in [1.807, 2.05) is 24.5 Å². The molecule has 2 aliphatic heterocycles. The van der Waals surface area contributed by atoms with Crippen LogP contribution >= 0.6 is 11.8 Å². The first-order valence-corrected chi connectivity index (χ1v) is 13.0. The number of pyridine rings is 1. The summed E-state index contributed by atoms with van der Waals surface area (Å²) in [6, 6.07) is 7.28. The quantitative estimate of drug-likeness (QED) is 0.552. The number of alkyl halides is 3. The van der Waals surface area contributed by atoms with E-state index in [0.717, 1.165) is 43.8 Å². The fourth-order valence-corrected chi connectivity index (χ4v) is 5.56. The minimum Gasteiger partial charge on any atom is -0.381 e. The van der Waals surface area contributed by atoms with E-state index >= 15 is 0 Å². The molecule has 2 aromatic heterocycles. The second kappa shape index (κ2) is 11.0. The Balaban J connectivity index is 1.49. The number of aromatic nitrogens is 3. The Kier molecular flexibility index (Phi) is 8.02. The second-order valence-corrected chi connectivity index (χ2v) is 9.84. The van der Waals surface area contributed by atoms with Crippen LogP contribution in [-0.4, -0.2) is 65.9 Å². The molecule has 0 spiro atoms. The van der Waals surface area contributed by atoms with Gasteiger partial charge in [0.05, 0.1) is 0 Å². The molecule has 2 aliphatic rings. The summed E-state index contributed by atoms with van der Waals surface area (Å²) in [7, 11) is 0. The van der Waals surface area contributed by atoms with Crippen molar-refractivity contribution in [3.05, 3.63) is 36.3 Å². The van der Waals surface area contributed by atoms with Gasteiger partial charge in [0.15, 0.2) is 0 Å². The number of hydrogen-bond donors (Lipinski definition) is 2. The first-order chi connectivity index (χ1) is 16.4. The van der Waals surface area contributed by atoms with Crippen LogP contribution in [0.15, 0.2) is 30.5 Å². The Morgan fingerprint density at radius 3 is 2.71 bits per heavy atom. The molecule has 11 heteroatoms. The van der Waals surface area contributed by atoms with Crippen LogP contribution in [0.3, 0.4) is 0 Å². The molecular formula is C23H31F3N6OS. The molecular weight excluding hydrogens is 465 g/mol. The molecule has 0 saturated carbocycles. The van der Waals surface area contributed by atoms with Gasteiger partial charge < -0.3 is 20.3 Å². The number of anilines is 3. The van der Waals surface area contributed by atoms with Gasteiger partial charge in [-0.2, -0.15) is 24.9 Å². The molecule has 2 N–H and O–H groups in total. The molecule has 1 unspecified atom stereocenters. The van der Waals surface area contributed by atoms with E-state index in [-0.39, 0.29) is 23.1 Å². The van der Waals surface area contributed by atoms with Crippen LogP contribution < -0.4 is 15.5 Å². The minimum atomic E-state index is -4.63. The van der Waals surface area contributed by atoms with Gasteiger partial charge in [0.2, 0.25) is 5.82 Å². The summed E-state index contributed by atoms with van der Waals surface area (Å²) in [5, 5.41) is 6.41. The number of rotatable bonds is 8. The monoisotopic (exact) mass is 496 g/mol. The summed E-state index contributed by atoms with van der Waals surface area (Å²) in [5.41, 5.74) is -0.0266. The normalized spacial score (nSPS) is 20.7. The van der Waals surface area contributed by atoms with Crippen LogP contribution in [0.2, 0.25) is 0 Å². The van der Waals surface area contributed by atoms with Crippen LogP contribution in [0.4, 0.5) is 30.6 Å². The Bertz CT molecular complexity index is 921. The zero-order chi connectivity index (χ0) is 24.0. The first kappa shape index (κ1) is 24.8. The van der Waals surface area contributed by atoms with Crippen LogP contribution in [0.5, 0.6) is 0 Å². The van der Waals surface area contributed by atoms with E-state index < -0.39 is 12.0 Å². The molecule has 0 radical (unpaired) electrons. The second-order valence-electron chi connectivity index (χ2n) is 8.98. The average molecular weight is 497 g/mol. The summed E-state index contributed by atoms with van der Waals surface area (Å²) < 4.78 is 46.3. The number of thioether (sulfide) groups is 1. The smallest absolute Gasteiger partial charge is 0.381 e. The molecule has 0 aliphatic carbocycles. The zero-order valence-corrected chi connectivity index (χ0v) is 20.1. The Morgan fingerprint density at radius 1 is 1.21 bits per heavy atom. The van der Waals surface area contributed by atoms with Gasteiger partial charge in [0, 0.05) is 62.3 Å². The van der Waals surface area contributed by atoms with Gasteiger partial charge in [-0.1, -0.05) is 6.07 Å². The number of piperidine rings is 1. The molecule has 2 aromatic rings. The van der Waals surface area contributed by atoms with Crippen molar-refractivity contribution in [2.24, 2.45) is 5.41 Å². The van der Waals surface area contributed by atoms with Crippen LogP contribution in [-0.2, 0) is 10.9 Å². The Hall–Kier alpha value is -2.27. The van der Waals surface area contributed by atoms with Gasteiger partial charge >= 0.3 is 6.18 Å². The van der Waals surface area contributed by atoms with Gasteiger partial charge in [-0.15, -0.1) is 0 Å². The van der Waals surface area contributed by atoms with Crippen LogP contribution in [0.1, 0.15) is 31.5 Å². The number of nitrogens with zero attached hydrogens (tertiary/aromatic N) is 4. The summed E-state index contributed by atoms with van der Waals surface area (Å²) in [6.07, 6.45) is 2.65. The maximum atomic E-state index is 13.6. The molecule has 186 valence electrons. The maximum absolute atomic E-state index is 13.6. The first-order valence-electron chi connectivity index (χ1n) is 11.6. The van der Waals surface area contributed by atoms with Gasteiger partial charge in [0.25, 0.3) is 0 Å². The fraction of sp³-hybridized carbons (Fsp3) is 0.609. The van der Waals surface area contributed by atoms with E-state index in [2.05, 4.69) is 30.5 Å². The summed E-state index contributed by atoms with van der Waals surface area (Å²) in [6.45, 7) is 3.38. The van der Waals surface area contributed by atoms with E-state index in [9.17, 15) is 13.2 Å². The van der Waals surface area contributed by atoms with Crippen molar-refractivity contribution in [2.45, 2.75) is 37.9 Å². The van der Waals surface area contributed by atoms with Crippen molar-refractivity contribution >= 4 is 29.2 Å². The lowest BCUT2D eigenvalue weighted by molar-refractivity contribution is -0.144. The molecule has 1 atom stereocenters. The lowest BCUT2D eigenvalue weighted by atomic mass is 9.82. The summed E-state index contributed by atoms with van der Waals surface area (Å²) in [4.78, 5) is 14.1. The van der Waals surface area contributed by atoms with E-state index in [4.69, 9.17) is 4.74 Å². The zero-order valence-electron chi connectivity index (χ0n) is 19.3. The number of nitrogens with one attached hydrogen (secondary N) is 2. The maximum Gasteiger partial charge on any atom is 0.451 e. The van der Waals surface area contributed by atoms with E-state index in [0.29, 0.717) is 26.3 Å². The molecule has 0 amide bonds. The van der Waals surface area contributed by atoms with E-state index in [1.54, 1.807) is 24.0 Å². The molecule has 0 aromatic carbocycles. The predicted octanol–water partition coefficient (Wildman–Crippen LogP) is 4.54.